The van der Waals surface area contributed by atoms with Gasteiger partial charge in [0.05, 0.1) is 0 Å². The highest BCUT2D eigenvalue weighted by Gasteiger charge is 1.97. The molecular weight excluding hydrogens is 230 g/mol. The van der Waals surface area contributed by atoms with Crippen LogP contribution in [0.3, 0.4) is 0 Å². The Morgan fingerprint density at radius 1 is 1.38 bits per heavy atom. The third kappa shape index (κ3) is 3.19. The minimum absolute atomic E-state index is 0.0478. The SMILES string of the molecule is CCC(=O)Nc1ccc(CBr)cc1. The van der Waals surface area contributed by atoms with E-state index in [1.807, 2.05) is 31.2 Å². The molecule has 13 heavy (non-hydrogen) atoms. The summed E-state index contributed by atoms with van der Waals surface area (Å²) in [6, 6.07) is 7.79. The molecule has 2 nitrogen and oxygen atoms in total. The Morgan fingerprint density at radius 2 is 2.00 bits per heavy atom. The highest BCUT2D eigenvalue weighted by atomic mass is 79.9. The lowest BCUT2D eigenvalue weighted by Crippen LogP contribution is -2.09. The molecule has 0 bridgehead atoms. The maximum absolute atomic E-state index is 11.0. The fourth-order valence-corrected chi connectivity index (χ4v) is 1.30. The number of hydrogen-bond donors (Lipinski definition) is 1. The third-order valence-corrected chi connectivity index (χ3v) is 2.36. The fraction of sp³-hybridized carbons (Fsp3) is 0.300. The van der Waals surface area contributed by atoms with Gasteiger partial charge in [0.2, 0.25) is 5.91 Å². The van der Waals surface area contributed by atoms with Crippen molar-refractivity contribution in [2.45, 2.75) is 18.7 Å². The molecule has 1 rings (SSSR count). The second kappa shape index (κ2) is 5.02. The number of amides is 1. The monoisotopic (exact) mass is 241 g/mol. The van der Waals surface area contributed by atoms with Crippen LogP contribution in [0.25, 0.3) is 0 Å². The van der Waals surface area contributed by atoms with Gasteiger partial charge in [-0.1, -0.05) is 35.0 Å². The summed E-state index contributed by atoms with van der Waals surface area (Å²) in [5, 5.41) is 3.63. The highest BCUT2D eigenvalue weighted by Crippen LogP contribution is 2.11. The first-order chi connectivity index (χ1) is 6.26. The molecule has 0 radical (unpaired) electrons. The Balaban J connectivity index is 2.64. The van der Waals surface area contributed by atoms with Crippen molar-refractivity contribution in [2.24, 2.45) is 0 Å². The zero-order chi connectivity index (χ0) is 9.68. The maximum atomic E-state index is 11.0. The Labute approximate surface area is 86.5 Å². The van der Waals surface area contributed by atoms with E-state index in [0.29, 0.717) is 6.42 Å². The average molecular weight is 242 g/mol. The topological polar surface area (TPSA) is 29.1 Å². The molecule has 3 heteroatoms. The van der Waals surface area contributed by atoms with Crippen LogP contribution >= 0.6 is 15.9 Å². The van der Waals surface area contributed by atoms with Crippen LogP contribution < -0.4 is 5.32 Å². The molecule has 70 valence electrons. The Kier molecular flexibility index (Phi) is 3.96. The van der Waals surface area contributed by atoms with Crippen LogP contribution in [0.1, 0.15) is 18.9 Å². The molecule has 0 saturated carbocycles. The number of halogens is 1. The van der Waals surface area contributed by atoms with Gasteiger partial charge in [0.15, 0.2) is 0 Å². The highest BCUT2D eigenvalue weighted by molar-refractivity contribution is 9.08. The summed E-state index contributed by atoms with van der Waals surface area (Å²) in [7, 11) is 0. The lowest BCUT2D eigenvalue weighted by molar-refractivity contribution is -0.115. The van der Waals surface area contributed by atoms with E-state index >= 15 is 0 Å². The molecule has 1 aromatic rings. The van der Waals surface area contributed by atoms with Gasteiger partial charge in [-0.15, -0.1) is 0 Å². The molecule has 1 N–H and O–H groups in total. The predicted molar refractivity (Wildman–Crippen MR) is 58.0 cm³/mol. The standard InChI is InChI=1S/C10H12BrNO/c1-2-10(13)12-9-5-3-8(7-11)4-6-9/h3-6H,2,7H2,1H3,(H,12,13). The average Bonchev–Trinajstić information content (AvgIpc) is 2.19. The molecule has 0 unspecified atom stereocenters. The molecule has 1 amide bonds. The summed E-state index contributed by atoms with van der Waals surface area (Å²) in [5.74, 6) is 0.0478. The first-order valence-electron chi connectivity index (χ1n) is 4.21. The van der Waals surface area contributed by atoms with Gasteiger partial charge in [0, 0.05) is 17.4 Å². The van der Waals surface area contributed by atoms with Crippen molar-refractivity contribution < 1.29 is 4.79 Å². The molecule has 0 saturated heterocycles. The van der Waals surface area contributed by atoms with E-state index in [4.69, 9.17) is 0 Å². The Hall–Kier alpha value is -0.830. The number of anilines is 1. The molecule has 0 spiro atoms. The van der Waals surface area contributed by atoms with Crippen molar-refractivity contribution in [3.63, 3.8) is 0 Å². The van der Waals surface area contributed by atoms with Crippen molar-refractivity contribution in [2.75, 3.05) is 5.32 Å². The zero-order valence-electron chi connectivity index (χ0n) is 7.51. The number of benzene rings is 1. The van der Waals surface area contributed by atoms with E-state index in [1.165, 1.54) is 5.56 Å². The van der Waals surface area contributed by atoms with Crippen LogP contribution in [-0.2, 0) is 10.1 Å². The van der Waals surface area contributed by atoms with Gasteiger partial charge >= 0.3 is 0 Å². The van der Waals surface area contributed by atoms with Crippen molar-refractivity contribution in [1.82, 2.24) is 0 Å². The van der Waals surface area contributed by atoms with Gasteiger partial charge in [-0.05, 0) is 17.7 Å². The predicted octanol–water partition coefficient (Wildman–Crippen LogP) is 2.93. The van der Waals surface area contributed by atoms with Crippen LogP contribution in [0, 0.1) is 0 Å². The van der Waals surface area contributed by atoms with Crippen LogP contribution in [0.4, 0.5) is 5.69 Å². The molecule has 0 aromatic heterocycles. The largest absolute Gasteiger partial charge is 0.326 e. The zero-order valence-corrected chi connectivity index (χ0v) is 9.10. The van der Waals surface area contributed by atoms with Crippen molar-refractivity contribution in [3.05, 3.63) is 29.8 Å². The normalized spacial score (nSPS) is 9.69. The van der Waals surface area contributed by atoms with Crippen molar-refractivity contribution in [1.29, 1.82) is 0 Å². The Bertz CT molecular complexity index is 281. The minimum atomic E-state index is 0.0478. The second-order valence-electron chi connectivity index (χ2n) is 2.73. The lowest BCUT2D eigenvalue weighted by atomic mass is 10.2. The second-order valence-corrected chi connectivity index (χ2v) is 3.29. The summed E-state index contributed by atoms with van der Waals surface area (Å²) < 4.78 is 0. The first kappa shape index (κ1) is 10.3. The lowest BCUT2D eigenvalue weighted by Gasteiger charge is -2.03. The summed E-state index contributed by atoms with van der Waals surface area (Å²) in [4.78, 5) is 11.0. The molecule has 0 aliphatic rings. The number of nitrogens with one attached hydrogen (secondary N) is 1. The van der Waals surface area contributed by atoms with Gasteiger partial charge in [-0.3, -0.25) is 4.79 Å². The van der Waals surface area contributed by atoms with Crippen LogP contribution in [0.5, 0.6) is 0 Å². The van der Waals surface area contributed by atoms with E-state index < -0.39 is 0 Å². The minimum Gasteiger partial charge on any atom is -0.326 e. The number of rotatable bonds is 3. The molecule has 0 heterocycles. The summed E-state index contributed by atoms with van der Waals surface area (Å²) in [6.45, 7) is 1.84. The van der Waals surface area contributed by atoms with Crippen LogP contribution in [-0.4, -0.2) is 5.91 Å². The quantitative estimate of drug-likeness (QED) is 0.811. The molecule has 0 aliphatic heterocycles. The Morgan fingerprint density at radius 3 is 2.46 bits per heavy atom. The summed E-state index contributed by atoms with van der Waals surface area (Å²) in [6.07, 6.45) is 0.514. The van der Waals surface area contributed by atoms with Crippen LogP contribution in [0.2, 0.25) is 0 Å². The molecule has 0 fully saturated rings. The van der Waals surface area contributed by atoms with Gasteiger partial charge in [0.1, 0.15) is 0 Å². The van der Waals surface area contributed by atoms with E-state index in [9.17, 15) is 4.79 Å². The third-order valence-electron chi connectivity index (χ3n) is 1.71. The first-order valence-corrected chi connectivity index (χ1v) is 5.33. The fourth-order valence-electron chi connectivity index (χ4n) is 0.927. The number of alkyl halides is 1. The molecule has 1 aromatic carbocycles. The van der Waals surface area contributed by atoms with Crippen molar-refractivity contribution in [3.8, 4) is 0 Å². The summed E-state index contributed by atoms with van der Waals surface area (Å²) >= 11 is 3.36. The van der Waals surface area contributed by atoms with Gasteiger partial charge in [-0.25, -0.2) is 0 Å². The summed E-state index contributed by atoms with van der Waals surface area (Å²) in [5.41, 5.74) is 2.06. The van der Waals surface area contributed by atoms with Gasteiger partial charge in [-0.2, -0.15) is 0 Å². The number of carbonyl (C=O) groups excluding carboxylic acids is 1. The van der Waals surface area contributed by atoms with Crippen molar-refractivity contribution >= 4 is 27.5 Å². The van der Waals surface area contributed by atoms with E-state index in [-0.39, 0.29) is 5.91 Å². The number of carbonyl (C=O) groups is 1. The van der Waals surface area contributed by atoms with E-state index in [2.05, 4.69) is 21.2 Å². The maximum Gasteiger partial charge on any atom is 0.224 e. The van der Waals surface area contributed by atoms with Gasteiger partial charge in [0.25, 0.3) is 0 Å². The molecule has 0 atom stereocenters. The van der Waals surface area contributed by atoms with Gasteiger partial charge < -0.3 is 5.32 Å². The molecular formula is C10H12BrNO. The molecule has 0 aliphatic carbocycles. The smallest absolute Gasteiger partial charge is 0.224 e. The van der Waals surface area contributed by atoms with E-state index in [0.717, 1.165) is 11.0 Å². The number of hydrogen-bond acceptors (Lipinski definition) is 1. The van der Waals surface area contributed by atoms with Crippen LogP contribution in [0.15, 0.2) is 24.3 Å². The van der Waals surface area contributed by atoms with E-state index in [1.54, 1.807) is 0 Å².